The highest BCUT2D eigenvalue weighted by Gasteiger charge is 2.23. The number of carbonyl (C=O) groups excluding carboxylic acids is 3. The van der Waals surface area contributed by atoms with Crippen LogP contribution in [0.25, 0.3) is 0 Å². The van der Waals surface area contributed by atoms with Gasteiger partial charge in [0.2, 0.25) is 17.8 Å². The molecule has 0 fully saturated rings. The molecule has 1 aliphatic heterocycles. The van der Waals surface area contributed by atoms with Crippen molar-refractivity contribution < 1.29 is 38.1 Å². The molecule has 3 rings (SSSR count). The zero-order chi connectivity index (χ0) is 38.8. The smallest absolute Gasteiger partial charge is 0.277 e. The van der Waals surface area contributed by atoms with E-state index in [0.29, 0.717) is 122 Å². The summed E-state index contributed by atoms with van der Waals surface area (Å²) < 4.78 is 27.1. The predicted molar refractivity (Wildman–Crippen MR) is 206 cm³/mol. The van der Waals surface area contributed by atoms with Crippen molar-refractivity contribution in [2.24, 2.45) is 0 Å². The number of nitrogens with two attached hydrogens (primary N) is 1. The third-order valence-corrected chi connectivity index (χ3v) is 8.00. The van der Waals surface area contributed by atoms with Crippen LogP contribution in [0.2, 0.25) is 0 Å². The van der Waals surface area contributed by atoms with E-state index in [0.717, 1.165) is 12.1 Å². The first-order valence-electron chi connectivity index (χ1n) is 18.8. The number of fused-ring (bicyclic) bond motifs is 1. The molecule has 9 N–H and O–H groups in total. The number of benzene rings is 1. The molecular weight excluding hydrogens is 702 g/mol. The second kappa shape index (κ2) is 26.3. The lowest BCUT2D eigenvalue weighted by atomic mass is 10.1. The zero-order valence-electron chi connectivity index (χ0n) is 31.6. The summed E-state index contributed by atoms with van der Waals surface area (Å²) in [7, 11) is 0. The van der Waals surface area contributed by atoms with Gasteiger partial charge in [0.15, 0.2) is 5.82 Å². The zero-order valence-corrected chi connectivity index (χ0v) is 31.6. The van der Waals surface area contributed by atoms with Crippen LogP contribution in [0.4, 0.5) is 23.1 Å². The number of nitrogen functional groups attached to an aromatic ring is 1. The number of H-pyrrole nitrogens is 1. The number of hydrogen-bond acceptors (Lipinski definition) is 14. The maximum atomic E-state index is 13.3. The SMILES string of the molecule is CCCOCCOCCCNC(=O)[C@H](CCC(=O)NCCCOCCOCCOCC)NC(=O)c1ccc(NCC2CNc3nc(N)[nH]c(=O)c3N2)cc1. The summed E-state index contributed by atoms with van der Waals surface area (Å²) in [5.41, 5.74) is 6.69. The molecule has 1 aromatic heterocycles. The number of aromatic nitrogens is 2. The molecule has 0 aliphatic carbocycles. The molecule has 18 heteroatoms. The van der Waals surface area contributed by atoms with Gasteiger partial charge < -0.3 is 61.3 Å². The molecule has 2 heterocycles. The second-order valence-electron chi connectivity index (χ2n) is 12.4. The number of ether oxygens (including phenoxy) is 5. The fourth-order valence-electron chi connectivity index (χ4n) is 5.17. The minimum absolute atomic E-state index is 0.0383. The highest BCUT2D eigenvalue weighted by molar-refractivity contribution is 5.98. The van der Waals surface area contributed by atoms with Crippen LogP contribution in [-0.2, 0) is 33.3 Å². The monoisotopic (exact) mass is 761 g/mol. The quantitative estimate of drug-likeness (QED) is 0.0542. The molecule has 2 aromatic rings. The molecular formula is C36H59N9O9. The Balaban J connectivity index is 1.43. The summed E-state index contributed by atoms with van der Waals surface area (Å²) in [6, 6.07) is 5.75. The average molecular weight is 762 g/mol. The van der Waals surface area contributed by atoms with Crippen molar-refractivity contribution in [1.29, 1.82) is 0 Å². The van der Waals surface area contributed by atoms with Crippen molar-refractivity contribution in [2.45, 2.75) is 58.0 Å². The van der Waals surface area contributed by atoms with Crippen LogP contribution in [0.5, 0.6) is 0 Å². The van der Waals surface area contributed by atoms with Gasteiger partial charge in [0, 0.05) is 70.3 Å². The summed E-state index contributed by atoms with van der Waals surface area (Å²) in [6.45, 7) is 11.0. The molecule has 2 atom stereocenters. The van der Waals surface area contributed by atoms with Crippen LogP contribution in [0.3, 0.4) is 0 Å². The Hall–Kier alpha value is -4.49. The lowest BCUT2D eigenvalue weighted by molar-refractivity contribution is -0.124. The first kappa shape index (κ1) is 43.9. The lowest BCUT2D eigenvalue weighted by Gasteiger charge is -2.27. The molecule has 0 saturated carbocycles. The number of anilines is 4. The topological polar surface area (TPSA) is 241 Å². The molecule has 302 valence electrons. The normalized spacial score (nSPS) is 13.9. The van der Waals surface area contributed by atoms with Gasteiger partial charge in [-0.15, -0.1) is 0 Å². The minimum atomic E-state index is -0.934. The number of aromatic amines is 1. The maximum Gasteiger partial charge on any atom is 0.277 e. The van der Waals surface area contributed by atoms with Crippen molar-refractivity contribution in [2.75, 3.05) is 114 Å². The molecule has 1 aromatic carbocycles. The van der Waals surface area contributed by atoms with Gasteiger partial charge in [-0.05, 0) is 56.9 Å². The summed E-state index contributed by atoms with van der Waals surface area (Å²) >= 11 is 0. The molecule has 1 unspecified atom stereocenters. The van der Waals surface area contributed by atoms with Crippen LogP contribution >= 0.6 is 0 Å². The van der Waals surface area contributed by atoms with E-state index in [2.05, 4.69) is 41.9 Å². The van der Waals surface area contributed by atoms with Crippen LogP contribution in [0, 0.1) is 0 Å². The Morgan fingerprint density at radius 2 is 1.50 bits per heavy atom. The molecule has 1 aliphatic rings. The van der Waals surface area contributed by atoms with Gasteiger partial charge >= 0.3 is 0 Å². The Morgan fingerprint density at radius 3 is 2.17 bits per heavy atom. The van der Waals surface area contributed by atoms with Gasteiger partial charge in [-0.25, -0.2) is 0 Å². The number of amides is 3. The first-order chi connectivity index (χ1) is 26.3. The van der Waals surface area contributed by atoms with Crippen molar-refractivity contribution in [3.8, 4) is 0 Å². The second-order valence-corrected chi connectivity index (χ2v) is 12.4. The van der Waals surface area contributed by atoms with E-state index in [1.807, 2.05) is 13.8 Å². The van der Waals surface area contributed by atoms with Gasteiger partial charge in [-0.3, -0.25) is 24.2 Å². The fourth-order valence-corrected chi connectivity index (χ4v) is 5.17. The fraction of sp³-hybridized carbons (Fsp3) is 0.639. The predicted octanol–water partition coefficient (Wildman–Crippen LogP) is 1.07. The largest absolute Gasteiger partial charge is 0.383 e. The molecule has 0 saturated heterocycles. The highest BCUT2D eigenvalue weighted by atomic mass is 16.5. The molecule has 3 amide bonds. The van der Waals surface area contributed by atoms with E-state index >= 15 is 0 Å². The van der Waals surface area contributed by atoms with E-state index in [4.69, 9.17) is 29.4 Å². The van der Waals surface area contributed by atoms with Crippen molar-refractivity contribution in [1.82, 2.24) is 25.9 Å². The Bertz CT molecular complexity index is 1450. The van der Waals surface area contributed by atoms with E-state index < -0.39 is 11.9 Å². The van der Waals surface area contributed by atoms with E-state index in [9.17, 15) is 19.2 Å². The number of carbonyl (C=O) groups is 3. The third kappa shape index (κ3) is 17.6. The molecule has 0 bridgehead atoms. The first-order valence-corrected chi connectivity index (χ1v) is 18.8. The molecule has 54 heavy (non-hydrogen) atoms. The summed E-state index contributed by atoms with van der Waals surface area (Å²) in [5.74, 6) is -0.620. The number of rotatable bonds is 29. The number of hydrogen-bond donors (Lipinski definition) is 8. The maximum absolute atomic E-state index is 13.3. The molecule has 18 nitrogen and oxygen atoms in total. The number of nitrogens with one attached hydrogen (secondary N) is 7. The Labute approximate surface area is 316 Å². The van der Waals surface area contributed by atoms with Gasteiger partial charge in [-0.2, -0.15) is 4.98 Å². The third-order valence-electron chi connectivity index (χ3n) is 8.00. The molecule has 0 spiro atoms. The van der Waals surface area contributed by atoms with Crippen molar-refractivity contribution >= 4 is 40.9 Å². The lowest BCUT2D eigenvalue weighted by Crippen LogP contribution is -2.47. The van der Waals surface area contributed by atoms with Gasteiger partial charge in [0.25, 0.3) is 11.5 Å². The van der Waals surface area contributed by atoms with Crippen LogP contribution in [-0.4, -0.2) is 132 Å². The minimum Gasteiger partial charge on any atom is -0.383 e. The van der Waals surface area contributed by atoms with E-state index in [-0.39, 0.29) is 42.2 Å². The van der Waals surface area contributed by atoms with Gasteiger partial charge in [-0.1, -0.05) is 6.92 Å². The summed E-state index contributed by atoms with van der Waals surface area (Å²) in [5, 5.41) is 18.1. The van der Waals surface area contributed by atoms with E-state index in [1.54, 1.807) is 24.3 Å². The van der Waals surface area contributed by atoms with Crippen LogP contribution in [0.15, 0.2) is 29.1 Å². The number of nitrogens with zero attached hydrogens (tertiary/aromatic N) is 1. The van der Waals surface area contributed by atoms with Crippen LogP contribution in [0.1, 0.15) is 56.3 Å². The van der Waals surface area contributed by atoms with E-state index in [1.165, 1.54) is 0 Å². The van der Waals surface area contributed by atoms with Gasteiger partial charge in [0.1, 0.15) is 11.7 Å². The standard InChI is InChI=1S/C36H59N9O9/c1-3-15-51-20-21-53-17-6-14-39-34(48)29(11-12-30(46)38-13-5-16-52-22-23-54-19-18-50-4-2)43-33(47)26-7-9-27(10-8-26)40-24-28-25-41-32-31(42-28)35(49)45-36(37)44-32/h7-10,28-29,40,42H,3-6,11-25H2,1-2H3,(H,38,46)(H,39,48)(H,43,47)(H4,37,41,44,45,49)/t28?,29-/m0/s1. The Morgan fingerprint density at radius 1 is 0.870 bits per heavy atom. The average Bonchev–Trinajstić information content (AvgIpc) is 3.17. The molecule has 0 radical (unpaired) electrons. The van der Waals surface area contributed by atoms with Crippen molar-refractivity contribution in [3.63, 3.8) is 0 Å². The van der Waals surface area contributed by atoms with Crippen LogP contribution < -0.4 is 43.2 Å². The highest BCUT2D eigenvalue weighted by Crippen LogP contribution is 2.20. The Kier molecular flexibility index (Phi) is 21.4. The van der Waals surface area contributed by atoms with Crippen molar-refractivity contribution in [3.05, 3.63) is 40.2 Å². The summed E-state index contributed by atoms with van der Waals surface area (Å²) in [6.07, 6.45) is 2.30. The summed E-state index contributed by atoms with van der Waals surface area (Å²) in [4.78, 5) is 57.9. The van der Waals surface area contributed by atoms with Gasteiger partial charge in [0.05, 0.1) is 45.7 Å².